The van der Waals surface area contributed by atoms with Crippen LogP contribution in [0.25, 0.3) is 15.9 Å². The molecule has 1 N–H and O–H groups in total. The van der Waals surface area contributed by atoms with Crippen LogP contribution in [0, 0.1) is 5.82 Å². The second-order valence-electron chi connectivity index (χ2n) is 5.01. The average Bonchev–Trinajstić information content (AvgIpc) is 2.88. The van der Waals surface area contributed by atoms with E-state index in [1.807, 2.05) is 0 Å². The van der Waals surface area contributed by atoms with Crippen LogP contribution in [0.15, 0.2) is 35.4 Å². The van der Waals surface area contributed by atoms with E-state index < -0.39 is 0 Å². The third-order valence-electron chi connectivity index (χ3n) is 3.74. The fourth-order valence-corrected chi connectivity index (χ4v) is 3.85. The number of benzene rings is 1. The molecule has 3 heterocycles. The number of hydrogen-bond acceptors (Lipinski definition) is 4. The summed E-state index contributed by atoms with van der Waals surface area (Å²) in [5.74, 6) is -0.320. The molecule has 0 saturated carbocycles. The lowest BCUT2D eigenvalue weighted by molar-refractivity contribution is 0.627. The van der Waals surface area contributed by atoms with Crippen molar-refractivity contribution in [2.45, 2.75) is 13.0 Å². The monoisotopic (exact) mass is 301 g/mol. The Kier molecular flexibility index (Phi) is 2.87. The molecule has 0 saturated heterocycles. The number of thiophene rings is 1. The zero-order valence-corrected chi connectivity index (χ0v) is 11.9. The van der Waals surface area contributed by atoms with Crippen LogP contribution >= 0.6 is 11.3 Å². The zero-order chi connectivity index (χ0) is 14.4. The fourth-order valence-electron chi connectivity index (χ4n) is 2.70. The van der Waals surface area contributed by atoms with E-state index >= 15 is 0 Å². The quantitative estimate of drug-likeness (QED) is 0.750. The Balaban J connectivity index is 1.97. The average molecular weight is 301 g/mol. The van der Waals surface area contributed by atoms with Gasteiger partial charge in [-0.2, -0.15) is 0 Å². The maximum Gasteiger partial charge on any atom is 0.266 e. The number of halogens is 1. The van der Waals surface area contributed by atoms with Crippen molar-refractivity contribution in [3.05, 3.63) is 57.2 Å². The zero-order valence-electron chi connectivity index (χ0n) is 11.1. The molecule has 4 rings (SSSR count). The Morgan fingerprint density at radius 3 is 2.90 bits per heavy atom. The summed E-state index contributed by atoms with van der Waals surface area (Å²) in [6.45, 7) is 1.68. The Hall–Kier alpha value is -2.05. The normalized spacial score (nSPS) is 14.3. The van der Waals surface area contributed by atoms with Crippen molar-refractivity contribution >= 4 is 21.6 Å². The van der Waals surface area contributed by atoms with Crippen molar-refractivity contribution in [1.82, 2.24) is 14.9 Å². The van der Waals surface area contributed by atoms with Crippen LogP contribution in [0.1, 0.15) is 10.4 Å². The largest absolute Gasteiger partial charge is 0.312 e. The molecule has 0 spiro atoms. The summed E-state index contributed by atoms with van der Waals surface area (Å²) in [4.78, 5) is 19.1. The predicted molar refractivity (Wildman–Crippen MR) is 80.6 cm³/mol. The summed E-state index contributed by atoms with van der Waals surface area (Å²) < 4.78 is 14.5. The molecule has 0 radical (unpaired) electrons. The first-order valence-corrected chi connectivity index (χ1v) is 7.54. The molecule has 0 amide bonds. The van der Waals surface area contributed by atoms with Crippen molar-refractivity contribution in [3.63, 3.8) is 0 Å². The highest BCUT2D eigenvalue weighted by atomic mass is 32.1. The molecule has 1 aliphatic rings. The highest BCUT2D eigenvalue weighted by Crippen LogP contribution is 2.29. The number of rotatable bonds is 1. The molecule has 0 bridgehead atoms. The van der Waals surface area contributed by atoms with Crippen molar-refractivity contribution in [2.24, 2.45) is 0 Å². The highest BCUT2D eigenvalue weighted by molar-refractivity contribution is 7.18. The van der Waals surface area contributed by atoms with Crippen LogP contribution in [0.3, 0.4) is 0 Å². The van der Waals surface area contributed by atoms with Gasteiger partial charge in [0.1, 0.15) is 17.0 Å². The first-order valence-electron chi connectivity index (χ1n) is 6.72. The van der Waals surface area contributed by atoms with Gasteiger partial charge >= 0.3 is 0 Å². The number of nitrogens with one attached hydrogen (secondary N) is 1. The number of hydrogen-bond donors (Lipinski definition) is 1. The van der Waals surface area contributed by atoms with E-state index in [1.54, 1.807) is 23.5 Å². The summed E-state index contributed by atoms with van der Waals surface area (Å²) in [5.41, 5.74) is 1.67. The lowest BCUT2D eigenvalue weighted by Gasteiger charge is -2.12. The third-order valence-corrected chi connectivity index (χ3v) is 4.88. The van der Waals surface area contributed by atoms with Gasteiger partial charge in [-0.25, -0.2) is 9.37 Å². The van der Waals surface area contributed by atoms with Gasteiger partial charge in [-0.3, -0.25) is 9.36 Å². The van der Waals surface area contributed by atoms with Crippen LogP contribution in [0.2, 0.25) is 0 Å². The number of aromatic nitrogens is 2. The highest BCUT2D eigenvalue weighted by Gasteiger charge is 2.19. The molecule has 0 fully saturated rings. The molecular formula is C15H12FN3OS. The molecule has 21 heavy (non-hydrogen) atoms. The predicted octanol–water partition coefficient (Wildman–Crippen LogP) is 2.23. The van der Waals surface area contributed by atoms with Crippen LogP contribution in [0.5, 0.6) is 0 Å². The lowest BCUT2D eigenvalue weighted by atomic mass is 10.1. The van der Waals surface area contributed by atoms with Gasteiger partial charge in [-0.15, -0.1) is 11.3 Å². The smallest absolute Gasteiger partial charge is 0.266 e. The van der Waals surface area contributed by atoms with Gasteiger partial charge in [0.15, 0.2) is 0 Å². The standard InChI is InChI=1S/C15H12FN3OS/c16-9-1-3-10(4-2-9)19-8-18-14-13(15(19)20)11-5-6-17-7-12(11)21-14/h1-4,8,17H,5-7H2. The van der Waals surface area contributed by atoms with E-state index in [1.165, 1.54) is 27.9 Å². The van der Waals surface area contributed by atoms with Crippen molar-refractivity contribution < 1.29 is 4.39 Å². The van der Waals surface area contributed by atoms with Crippen LogP contribution in [0.4, 0.5) is 4.39 Å². The fraction of sp³-hybridized carbons (Fsp3) is 0.200. The molecule has 1 aromatic carbocycles. The maximum atomic E-state index is 13.0. The van der Waals surface area contributed by atoms with Crippen LogP contribution < -0.4 is 10.9 Å². The van der Waals surface area contributed by atoms with Gasteiger partial charge < -0.3 is 5.32 Å². The summed E-state index contributed by atoms with van der Waals surface area (Å²) in [5, 5.41) is 4.02. The minimum Gasteiger partial charge on any atom is -0.312 e. The topological polar surface area (TPSA) is 46.9 Å². The minimum atomic E-state index is -0.320. The van der Waals surface area contributed by atoms with Crippen LogP contribution in [-0.4, -0.2) is 16.1 Å². The Morgan fingerprint density at radius 2 is 2.10 bits per heavy atom. The summed E-state index contributed by atoms with van der Waals surface area (Å²) in [6.07, 6.45) is 2.37. The van der Waals surface area contributed by atoms with E-state index in [-0.39, 0.29) is 11.4 Å². The molecule has 6 heteroatoms. The summed E-state index contributed by atoms with van der Waals surface area (Å²) >= 11 is 1.57. The molecular weight excluding hydrogens is 289 g/mol. The Morgan fingerprint density at radius 1 is 1.29 bits per heavy atom. The molecule has 0 unspecified atom stereocenters. The van der Waals surface area contributed by atoms with E-state index in [4.69, 9.17) is 0 Å². The molecule has 3 aromatic rings. The third kappa shape index (κ3) is 1.99. The number of fused-ring (bicyclic) bond motifs is 3. The van der Waals surface area contributed by atoms with Gasteiger partial charge in [0.05, 0.1) is 11.1 Å². The Bertz CT molecular complexity index is 882. The van der Waals surface area contributed by atoms with Gasteiger partial charge in [0.2, 0.25) is 0 Å². The molecule has 0 aliphatic carbocycles. The lowest BCUT2D eigenvalue weighted by Crippen LogP contribution is -2.24. The minimum absolute atomic E-state index is 0.0778. The molecule has 4 nitrogen and oxygen atoms in total. The SMILES string of the molecule is O=c1c2c3c(sc2ncn1-c1ccc(F)cc1)CNCC3. The number of nitrogens with zero attached hydrogens (tertiary/aromatic N) is 2. The van der Waals surface area contributed by atoms with E-state index in [0.29, 0.717) is 11.1 Å². The van der Waals surface area contributed by atoms with Crippen molar-refractivity contribution in [3.8, 4) is 5.69 Å². The molecule has 2 aromatic heterocycles. The van der Waals surface area contributed by atoms with Gasteiger partial charge in [0.25, 0.3) is 5.56 Å². The summed E-state index contributed by atoms with van der Waals surface area (Å²) in [6, 6.07) is 5.87. The first kappa shape index (κ1) is 12.7. The molecule has 106 valence electrons. The van der Waals surface area contributed by atoms with E-state index in [0.717, 1.165) is 29.9 Å². The molecule has 1 aliphatic heterocycles. The van der Waals surface area contributed by atoms with E-state index in [9.17, 15) is 9.18 Å². The van der Waals surface area contributed by atoms with Crippen molar-refractivity contribution in [2.75, 3.05) is 6.54 Å². The summed E-state index contributed by atoms with van der Waals surface area (Å²) in [7, 11) is 0. The van der Waals surface area contributed by atoms with Crippen molar-refractivity contribution in [1.29, 1.82) is 0 Å². The second kappa shape index (κ2) is 4.75. The first-order chi connectivity index (χ1) is 10.2. The maximum absolute atomic E-state index is 13.0. The van der Waals surface area contributed by atoms with Gasteiger partial charge in [-0.1, -0.05) is 0 Å². The second-order valence-corrected chi connectivity index (χ2v) is 6.09. The van der Waals surface area contributed by atoms with Crippen LogP contribution in [-0.2, 0) is 13.0 Å². The van der Waals surface area contributed by atoms with Gasteiger partial charge in [0, 0.05) is 11.4 Å². The van der Waals surface area contributed by atoms with Gasteiger partial charge in [-0.05, 0) is 42.8 Å². The Labute approximate surface area is 123 Å². The molecule has 0 atom stereocenters. The van der Waals surface area contributed by atoms with E-state index in [2.05, 4.69) is 10.3 Å².